The summed E-state index contributed by atoms with van der Waals surface area (Å²) in [5.41, 5.74) is 2.30. The van der Waals surface area contributed by atoms with Crippen LogP contribution in [-0.2, 0) is 9.53 Å². The number of nitrogens with zero attached hydrogens (tertiary/aromatic N) is 4. The molecule has 174 valence electrons. The van der Waals surface area contributed by atoms with Crippen LogP contribution in [-0.4, -0.2) is 71.9 Å². The number of carbonyl (C=O) groups excluding carboxylic acids is 2. The van der Waals surface area contributed by atoms with Gasteiger partial charge in [-0.05, 0) is 36.2 Å². The van der Waals surface area contributed by atoms with Gasteiger partial charge in [-0.1, -0.05) is 41.9 Å². The van der Waals surface area contributed by atoms with E-state index in [1.54, 1.807) is 30.0 Å². The average Bonchev–Trinajstić information content (AvgIpc) is 3.26. The summed E-state index contributed by atoms with van der Waals surface area (Å²) < 4.78 is 18.4. The maximum absolute atomic E-state index is 13.4. The molecule has 9 heteroatoms. The van der Waals surface area contributed by atoms with Crippen LogP contribution in [0.5, 0.6) is 0 Å². The van der Waals surface area contributed by atoms with E-state index in [2.05, 4.69) is 5.10 Å². The maximum atomic E-state index is 13.4. The third-order valence-electron chi connectivity index (χ3n) is 5.86. The number of benzene rings is 2. The molecule has 7 nitrogen and oxygen atoms in total. The summed E-state index contributed by atoms with van der Waals surface area (Å²) in [4.78, 5) is 28.9. The minimum atomic E-state index is -0.341. The molecule has 0 radical (unpaired) electrons. The summed E-state index contributed by atoms with van der Waals surface area (Å²) in [5.74, 6) is -0.475. The summed E-state index contributed by atoms with van der Waals surface area (Å²) in [6, 6.07) is 13.2. The third-order valence-corrected chi connectivity index (χ3v) is 6.21. The number of ether oxygens (including phenoxy) is 1. The van der Waals surface area contributed by atoms with Crippen molar-refractivity contribution in [3.05, 3.63) is 70.5 Å². The predicted molar refractivity (Wildman–Crippen MR) is 124 cm³/mol. The first kappa shape index (κ1) is 23.2. The second-order valence-corrected chi connectivity index (χ2v) is 8.40. The lowest BCUT2D eigenvalue weighted by molar-refractivity contribution is -0.134. The van der Waals surface area contributed by atoms with Crippen LogP contribution < -0.4 is 0 Å². The molecule has 2 heterocycles. The van der Waals surface area contributed by atoms with Gasteiger partial charge in [0.2, 0.25) is 0 Å². The lowest BCUT2D eigenvalue weighted by atomic mass is 9.98. The Morgan fingerprint density at radius 1 is 1.09 bits per heavy atom. The van der Waals surface area contributed by atoms with E-state index in [9.17, 15) is 14.0 Å². The first-order valence-electron chi connectivity index (χ1n) is 11.0. The van der Waals surface area contributed by atoms with E-state index in [0.717, 1.165) is 11.1 Å². The molecule has 0 unspecified atom stereocenters. The fraction of sp³-hybridized carbons (Fsp3) is 0.375. The zero-order valence-corrected chi connectivity index (χ0v) is 19.2. The van der Waals surface area contributed by atoms with E-state index in [1.165, 1.54) is 17.1 Å². The number of piperazine rings is 1. The van der Waals surface area contributed by atoms with Gasteiger partial charge in [0.05, 0.1) is 24.9 Å². The Labute approximate surface area is 197 Å². The molecule has 2 aliphatic heterocycles. The Hall–Kier alpha value is -2.97. The summed E-state index contributed by atoms with van der Waals surface area (Å²) in [6.07, 6.45) is 0.160. The fourth-order valence-electron chi connectivity index (χ4n) is 4.11. The molecule has 0 saturated carbocycles. The largest absolute Gasteiger partial charge is 0.450 e. The van der Waals surface area contributed by atoms with Crippen LogP contribution in [0.15, 0.2) is 53.6 Å². The summed E-state index contributed by atoms with van der Waals surface area (Å²) in [5, 5.41) is 6.69. The smallest absolute Gasteiger partial charge is 0.409 e. The highest BCUT2D eigenvalue weighted by Gasteiger charge is 2.35. The quantitative estimate of drug-likeness (QED) is 0.661. The molecule has 0 bridgehead atoms. The summed E-state index contributed by atoms with van der Waals surface area (Å²) in [6.45, 7) is 4.45. The number of halogens is 2. The van der Waals surface area contributed by atoms with Gasteiger partial charge < -0.3 is 9.64 Å². The molecule has 2 aliphatic rings. The van der Waals surface area contributed by atoms with Crippen LogP contribution in [0.3, 0.4) is 0 Å². The standard InChI is InChI=1S/C24H26ClFN4O3/c1-2-33-24(32)29-13-11-28(12-14-29)16-23(31)30-22(19-5-3-4-6-20(19)25)15-21(27-30)17-7-9-18(26)10-8-17/h3-10,22H,2,11-16H2,1H3/t22-/m0/s1. The molecule has 0 N–H and O–H groups in total. The van der Waals surface area contributed by atoms with E-state index in [4.69, 9.17) is 16.3 Å². The molecular weight excluding hydrogens is 447 g/mol. The van der Waals surface area contributed by atoms with Crippen LogP contribution >= 0.6 is 11.6 Å². The van der Waals surface area contributed by atoms with Gasteiger partial charge in [0.25, 0.3) is 5.91 Å². The van der Waals surface area contributed by atoms with Gasteiger partial charge in [0, 0.05) is 37.6 Å². The van der Waals surface area contributed by atoms with Crippen LogP contribution in [0.1, 0.15) is 30.5 Å². The van der Waals surface area contributed by atoms with Crippen molar-refractivity contribution in [2.24, 2.45) is 5.10 Å². The van der Waals surface area contributed by atoms with Gasteiger partial charge in [0.15, 0.2) is 0 Å². The van der Waals surface area contributed by atoms with E-state index in [-0.39, 0.29) is 30.4 Å². The molecule has 33 heavy (non-hydrogen) atoms. The lowest BCUT2D eigenvalue weighted by Gasteiger charge is -2.34. The number of hydrogen-bond acceptors (Lipinski definition) is 5. The van der Waals surface area contributed by atoms with Crippen molar-refractivity contribution >= 4 is 29.3 Å². The van der Waals surface area contributed by atoms with Gasteiger partial charge >= 0.3 is 6.09 Å². The fourth-order valence-corrected chi connectivity index (χ4v) is 4.37. The first-order valence-corrected chi connectivity index (χ1v) is 11.4. The predicted octanol–water partition coefficient (Wildman–Crippen LogP) is 3.93. The highest BCUT2D eigenvalue weighted by Crippen LogP contribution is 2.36. The average molecular weight is 473 g/mol. The highest BCUT2D eigenvalue weighted by molar-refractivity contribution is 6.31. The molecule has 1 fully saturated rings. The monoisotopic (exact) mass is 472 g/mol. The zero-order chi connectivity index (χ0) is 23.4. The van der Waals surface area contributed by atoms with Crippen molar-refractivity contribution in [1.29, 1.82) is 0 Å². The number of rotatable bonds is 5. The van der Waals surface area contributed by atoms with Gasteiger partial charge in [-0.3, -0.25) is 9.69 Å². The van der Waals surface area contributed by atoms with Gasteiger partial charge in [-0.25, -0.2) is 14.2 Å². The highest BCUT2D eigenvalue weighted by atomic mass is 35.5. The number of hydrazone groups is 1. The Bertz CT molecular complexity index is 1040. The molecule has 2 amide bonds. The molecule has 4 rings (SSSR count). The number of amides is 2. The van der Waals surface area contributed by atoms with Gasteiger partial charge in [-0.15, -0.1) is 0 Å². The van der Waals surface area contributed by atoms with Crippen molar-refractivity contribution in [2.45, 2.75) is 19.4 Å². The van der Waals surface area contributed by atoms with Crippen LogP contribution in [0.2, 0.25) is 5.02 Å². The summed E-state index contributed by atoms with van der Waals surface area (Å²) >= 11 is 6.45. The third kappa shape index (κ3) is 5.34. The minimum absolute atomic E-state index is 0.151. The topological polar surface area (TPSA) is 65.5 Å². The second kappa shape index (κ2) is 10.3. The lowest BCUT2D eigenvalue weighted by Crippen LogP contribution is -2.51. The Morgan fingerprint density at radius 2 is 1.79 bits per heavy atom. The Kier molecular flexibility index (Phi) is 7.25. The van der Waals surface area contributed by atoms with E-state index in [1.807, 2.05) is 23.1 Å². The SMILES string of the molecule is CCOC(=O)N1CCN(CC(=O)N2N=C(c3ccc(F)cc3)C[C@H]2c2ccccc2Cl)CC1. The molecule has 1 atom stereocenters. The Balaban J connectivity index is 1.49. The van der Waals surface area contributed by atoms with Crippen molar-refractivity contribution in [3.8, 4) is 0 Å². The van der Waals surface area contributed by atoms with Crippen molar-refractivity contribution in [1.82, 2.24) is 14.8 Å². The second-order valence-electron chi connectivity index (χ2n) is 8.00. The van der Waals surface area contributed by atoms with Crippen LogP contribution in [0, 0.1) is 5.82 Å². The molecule has 2 aromatic carbocycles. The minimum Gasteiger partial charge on any atom is -0.450 e. The number of hydrogen-bond donors (Lipinski definition) is 0. The Morgan fingerprint density at radius 3 is 2.45 bits per heavy atom. The zero-order valence-electron chi connectivity index (χ0n) is 18.4. The van der Waals surface area contributed by atoms with Crippen molar-refractivity contribution in [2.75, 3.05) is 39.3 Å². The molecule has 0 aliphatic carbocycles. The van der Waals surface area contributed by atoms with Gasteiger partial charge in [0.1, 0.15) is 5.82 Å². The molecule has 2 aromatic rings. The van der Waals surface area contributed by atoms with Crippen molar-refractivity contribution in [3.63, 3.8) is 0 Å². The van der Waals surface area contributed by atoms with E-state index < -0.39 is 0 Å². The molecule has 0 spiro atoms. The molecule has 0 aromatic heterocycles. The normalized spacial score (nSPS) is 18.9. The molecular formula is C24H26ClFN4O3. The van der Waals surface area contributed by atoms with Crippen LogP contribution in [0.4, 0.5) is 9.18 Å². The first-order chi connectivity index (χ1) is 16.0. The summed E-state index contributed by atoms with van der Waals surface area (Å²) in [7, 11) is 0. The van der Waals surface area contributed by atoms with E-state index in [0.29, 0.717) is 49.9 Å². The maximum Gasteiger partial charge on any atom is 0.409 e. The van der Waals surface area contributed by atoms with Crippen molar-refractivity contribution < 1.29 is 18.7 Å². The van der Waals surface area contributed by atoms with Gasteiger partial charge in [-0.2, -0.15) is 5.10 Å². The van der Waals surface area contributed by atoms with E-state index >= 15 is 0 Å². The number of carbonyl (C=O) groups is 2. The van der Waals surface area contributed by atoms with Crippen LogP contribution in [0.25, 0.3) is 0 Å². The molecule has 1 saturated heterocycles.